The van der Waals surface area contributed by atoms with Crippen LogP contribution in [0.4, 0.5) is 11.4 Å². The lowest BCUT2D eigenvalue weighted by Gasteiger charge is -2.13. The van der Waals surface area contributed by atoms with Crippen molar-refractivity contribution in [1.82, 2.24) is 0 Å². The van der Waals surface area contributed by atoms with E-state index in [1.165, 1.54) is 31.4 Å². The van der Waals surface area contributed by atoms with Crippen molar-refractivity contribution in [2.24, 2.45) is 0 Å². The molecule has 0 aromatic heterocycles. The molecular formula is C22H18N2O5. The fourth-order valence-electron chi connectivity index (χ4n) is 2.72. The lowest BCUT2D eigenvalue weighted by atomic mass is 10.1. The maximum absolute atomic E-state index is 12.8. The van der Waals surface area contributed by atoms with Gasteiger partial charge in [0, 0.05) is 0 Å². The maximum Gasteiger partial charge on any atom is 0.339 e. The first-order valence-electron chi connectivity index (χ1n) is 8.68. The predicted octanol–water partition coefficient (Wildman–Crippen LogP) is 3.68. The van der Waals surface area contributed by atoms with Crippen LogP contribution >= 0.6 is 0 Å². The van der Waals surface area contributed by atoms with Crippen LogP contribution in [0, 0.1) is 0 Å². The minimum atomic E-state index is -0.581. The number of hydrogen-bond acceptors (Lipinski definition) is 5. The zero-order chi connectivity index (χ0) is 20.8. The van der Waals surface area contributed by atoms with Gasteiger partial charge >= 0.3 is 5.97 Å². The number of carbonyl (C=O) groups is 3. The predicted molar refractivity (Wildman–Crippen MR) is 108 cm³/mol. The highest BCUT2D eigenvalue weighted by Crippen LogP contribution is 2.22. The van der Waals surface area contributed by atoms with Crippen LogP contribution in [0.25, 0.3) is 0 Å². The minimum Gasteiger partial charge on any atom is -0.507 e. The topological polar surface area (TPSA) is 105 Å². The molecule has 0 aliphatic rings. The second kappa shape index (κ2) is 8.71. The van der Waals surface area contributed by atoms with Crippen LogP contribution in [0.1, 0.15) is 31.1 Å². The molecule has 0 bridgehead atoms. The van der Waals surface area contributed by atoms with Crippen LogP contribution in [0.5, 0.6) is 5.75 Å². The average molecular weight is 390 g/mol. The molecule has 0 radical (unpaired) electrons. The molecule has 0 saturated heterocycles. The largest absolute Gasteiger partial charge is 0.507 e. The Bertz CT molecular complexity index is 1080. The van der Waals surface area contributed by atoms with Gasteiger partial charge in [-0.05, 0) is 36.4 Å². The lowest BCUT2D eigenvalue weighted by molar-refractivity contribution is 0.0601. The number of hydrogen-bond donors (Lipinski definition) is 3. The Morgan fingerprint density at radius 2 is 1.14 bits per heavy atom. The summed E-state index contributed by atoms with van der Waals surface area (Å²) in [4.78, 5) is 37.2. The molecule has 7 nitrogen and oxygen atoms in total. The molecule has 0 saturated carbocycles. The number of phenols is 1. The number of aromatic hydroxyl groups is 1. The average Bonchev–Trinajstić information content (AvgIpc) is 2.74. The van der Waals surface area contributed by atoms with Crippen LogP contribution in [0.15, 0.2) is 72.8 Å². The van der Waals surface area contributed by atoms with Crippen molar-refractivity contribution in [3.63, 3.8) is 0 Å². The number of esters is 1. The van der Waals surface area contributed by atoms with Crippen LogP contribution in [-0.2, 0) is 4.74 Å². The number of nitrogens with one attached hydrogen (secondary N) is 2. The highest BCUT2D eigenvalue weighted by molar-refractivity contribution is 6.14. The molecule has 0 heterocycles. The van der Waals surface area contributed by atoms with E-state index >= 15 is 0 Å². The van der Waals surface area contributed by atoms with Crippen LogP contribution in [0.3, 0.4) is 0 Å². The zero-order valence-corrected chi connectivity index (χ0v) is 15.5. The summed E-state index contributed by atoms with van der Waals surface area (Å²) in [5.41, 5.74) is 1.02. The van der Waals surface area contributed by atoms with E-state index in [1.54, 1.807) is 48.5 Å². The van der Waals surface area contributed by atoms with Crippen molar-refractivity contribution >= 4 is 29.2 Å². The van der Waals surface area contributed by atoms with Gasteiger partial charge in [-0.1, -0.05) is 36.4 Å². The highest BCUT2D eigenvalue weighted by Gasteiger charge is 2.18. The summed E-state index contributed by atoms with van der Waals surface area (Å²) in [5.74, 6) is -1.83. The van der Waals surface area contributed by atoms with Gasteiger partial charge in [-0.15, -0.1) is 0 Å². The number of carbonyl (C=O) groups excluding carboxylic acids is 3. The van der Waals surface area contributed by atoms with Gasteiger partial charge in [0.2, 0.25) is 0 Å². The summed E-state index contributed by atoms with van der Waals surface area (Å²) in [6, 6.07) is 19.0. The number of anilines is 2. The molecule has 29 heavy (non-hydrogen) atoms. The molecule has 3 rings (SSSR count). The van der Waals surface area contributed by atoms with Gasteiger partial charge in [-0.25, -0.2) is 4.79 Å². The summed E-state index contributed by atoms with van der Waals surface area (Å²) < 4.78 is 4.73. The normalized spacial score (nSPS) is 10.1. The molecule has 3 aromatic rings. The molecule has 0 atom stereocenters. The molecule has 2 amide bonds. The zero-order valence-electron chi connectivity index (χ0n) is 15.5. The fourth-order valence-corrected chi connectivity index (χ4v) is 2.72. The second-order valence-electron chi connectivity index (χ2n) is 6.01. The van der Waals surface area contributed by atoms with Gasteiger partial charge in [0.25, 0.3) is 11.8 Å². The van der Waals surface area contributed by atoms with E-state index < -0.39 is 17.8 Å². The second-order valence-corrected chi connectivity index (χ2v) is 6.01. The number of benzene rings is 3. The van der Waals surface area contributed by atoms with Crippen LogP contribution in [-0.4, -0.2) is 30.0 Å². The molecule has 7 heteroatoms. The molecule has 0 fully saturated rings. The third-order valence-corrected chi connectivity index (χ3v) is 4.15. The first-order chi connectivity index (χ1) is 14.0. The van der Waals surface area contributed by atoms with E-state index in [1.807, 2.05) is 0 Å². The summed E-state index contributed by atoms with van der Waals surface area (Å²) >= 11 is 0. The number of amides is 2. The molecule has 3 N–H and O–H groups in total. The monoisotopic (exact) mass is 390 g/mol. The molecule has 3 aromatic carbocycles. The van der Waals surface area contributed by atoms with Gasteiger partial charge in [0.05, 0.1) is 35.2 Å². The standard InChI is InChI=1S/C22H18N2O5/c1-29-22(28)15-9-3-6-12-18(15)24-20(26)14-8-2-5-11-17(14)23-21(27)16-10-4-7-13-19(16)25/h2-13,25H,1H3,(H,23,27)(H,24,26). The summed E-state index contributed by atoms with van der Waals surface area (Å²) in [6.07, 6.45) is 0. The maximum atomic E-state index is 12.8. The minimum absolute atomic E-state index is 0.0822. The van der Waals surface area contributed by atoms with Crippen molar-refractivity contribution in [3.8, 4) is 5.75 Å². The van der Waals surface area contributed by atoms with Crippen LogP contribution < -0.4 is 10.6 Å². The Balaban J connectivity index is 1.86. The van der Waals surface area contributed by atoms with Gasteiger partial charge < -0.3 is 20.5 Å². The summed E-state index contributed by atoms with van der Waals surface area (Å²) in [7, 11) is 1.25. The van der Waals surface area contributed by atoms with Gasteiger partial charge in [-0.2, -0.15) is 0 Å². The summed E-state index contributed by atoms with van der Waals surface area (Å²) in [5, 5.41) is 15.2. The number of methoxy groups -OCH3 is 1. The van der Waals surface area contributed by atoms with Crippen LogP contribution in [0.2, 0.25) is 0 Å². The van der Waals surface area contributed by atoms with Gasteiger partial charge in [0.15, 0.2) is 0 Å². The Labute approximate surface area is 166 Å². The van der Waals surface area contributed by atoms with Gasteiger partial charge in [0.1, 0.15) is 5.75 Å². The number of ether oxygens (including phenoxy) is 1. The van der Waals surface area contributed by atoms with E-state index in [0.29, 0.717) is 0 Å². The van der Waals surface area contributed by atoms with Crippen molar-refractivity contribution in [1.29, 1.82) is 0 Å². The Hall–Kier alpha value is -4.13. The van der Waals surface area contributed by atoms with E-state index in [4.69, 9.17) is 4.74 Å². The molecule has 0 spiro atoms. The van der Waals surface area contributed by atoms with Crippen molar-refractivity contribution < 1.29 is 24.2 Å². The third kappa shape index (κ3) is 4.41. The van der Waals surface area contributed by atoms with E-state index in [-0.39, 0.29) is 33.8 Å². The van der Waals surface area contributed by atoms with Crippen molar-refractivity contribution in [3.05, 3.63) is 89.5 Å². The van der Waals surface area contributed by atoms with E-state index in [0.717, 1.165) is 0 Å². The Morgan fingerprint density at radius 3 is 1.72 bits per heavy atom. The summed E-state index contributed by atoms with van der Waals surface area (Å²) in [6.45, 7) is 0. The van der Waals surface area contributed by atoms with E-state index in [2.05, 4.69) is 10.6 Å². The first-order valence-corrected chi connectivity index (χ1v) is 8.68. The molecular weight excluding hydrogens is 372 g/mol. The number of rotatable bonds is 5. The molecule has 0 aliphatic carbocycles. The fraction of sp³-hybridized carbons (Fsp3) is 0.0455. The Kier molecular flexibility index (Phi) is 5.89. The van der Waals surface area contributed by atoms with Crippen molar-refractivity contribution in [2.45, 2.75) is 0 Å². The van der Waals surface area contributed by atoms with Gasteiger partial charge in [-0.3, -0.25) is 9.59 Å². The number of phenolic OH excluding ortho intramolecular Hbond substituents is 1. The molecule has 0 aliphatic heterocycles. The quantitative estimate of drug-likeness (QED) is 0.577. The smallest absolute Gasteiger partial charge is 0.339 e. The SMILES string of the molecule is COC(=O)c1ccccc1NC(=O)c1ccccc1NC(=O)c1ccccc1O. The lowest BCUT2D eigenvalue weighted by Crippen LogP contribution is -2.19. The van der Waals surface area contributed by atoms with E-state index in [9.17, 15) is 19.5 Å². The first kappa shape index (κ1) is 19.6. The third-order valence-electron chi connectivity index (χ3n) is 4.15. The Morgan fingerprint density at radius 1 is 0.690 bits per heavy atom. The van der Waals surface area contributed by atoms with Crippen molar-refractivity contribution in [2.75, 3.05) is 17.7 Å². The highest BCUT2D eigenvalue weighted by atomic mass is 16.5. The number of para-hydroxylation sites is 3. The molecule has 0 unspecified atom stereocenters. The molecule has 146 valence electrons.